The Balaban J connectivity index is 1.40. The molecule has 0 bridgehead atoms. The molecular weight excluding hydrogens is 476 g/mol. The highest BCUT2D eigenvalue weighted by Crippen LogP contribution is 2.38. The number of amides is 2. The summed E-state index contributed by atoms with van der Waals surface area (Å²) >= 11 is 6.14. The molecule has 5 rings (SSSR count). The third-order valence-corrected chi connectivity index (χ3v) is 6.63. The van der Waals surface area contributed by atoms with E-state index in [4.69, 9.17) is 16.3 Å². The first-order valence-electron chi connectivity index (χ1n) is 11.8. The molecule has 2 aliphatic rings. The summed E-state index contributed by atoms with van der Waals surface area (Å²) in [6.07, 6.45) is 0. The van der Waals surface area contributed by atoms with Crippen LogP contribution in [0.2, 0.25) is 5.02 Å². The Labute approximate surface area is 215 Å². The van der Waals surface area contributed by atoms with Gasteiger partial charge in [0.25, 0.3) is 5.91 Å². The first-order valence-corrected chi connectivity index (χ1v) is 12.2. The van der Waals surface area contributed by atoms with Crippen LogP contribution in [0.15, 0.2) is 72.8 Å². The smallest absolute Gasteiger partial charge is 0.258 e. The fourth-order valence-electron chi connectivity index (χ4n) is 4.39. The second-order valence-electron chi connectivity index (χ2n) is 8.77. The van der Waals surface area contributed by atoms with E-state index in [1.807, 2.05) is 60.7 Å². The van der Waals surface area contributed by atoms with Gasteiger partial charge in [0.15, 0.2) is 0 Å². The molecule has 0 unspecified atom stereocenters. The van der Waals surface area contributed by atoms with E-state index in [9.17, 15) is 9.59 Å². The largest absolute Gasteiger partial charge is 0.379 e. The molecule has 2 amide bonds. The Morgan fingerprint density at radius 2 is 1.78 bits per heavy atom. The van der Waals surface area contributed by atoms with Crippen LogP contribution >= 0.6 is 11.6 Å². The van der Waals surface area contributed by atoms with Crippen LogP contribution in [-0.4, -0.2) is 56.6 Å². The topological polar surface area (TPSA) is 73.9 Å². The van der Waals surface area contributed by atoms with Crippen molar-refractivity contribution in [3.63, 3.8) is 0 Å². The van der Waals surface area contributed by atoms with Crippen molar-refractivity contribution in [3.8, 4) is 0 Å². The van der Waals surface area contributed by atoms with Crippen molar-refractivity contribution in [1.29, 1.82) is 0 Å². The van der Waals surface area contributed by atoms with E-state index >= 15 is 0 Å². The number of likely N-dealkylation sites (N-methyl/N-ethyl adjacent to an activating group) is 1. The van der Waals surface area contributed by atoms with E-state index in [0.29, 0.717) is 41.7 Å². The van der Waals surface area contributed by atoms with Crippen LogP contribution < -0.4 is 15.5 Å². The van der Waals surface area contributed by atoms with Gasteiger partial charge in [-0.3, -0.25) is 14.5 Å². The maximum absolute atomic E-state index is 13.0. The average molecular weight is 503 g/mol. The quantitative estimate of drug-likeness (QED) is 0.483. The molecule has 0 radical (unpaired) electrons. The number of nitrogens with zero attached hydrogens (tertiary/aromatic N) is 2. The minimum atomic E-state index is -0.191. The van der Waals surface area contributed by atoms with Gasteiger partial charge in [0.05, 0.1) is 36.7 Å². The summed E-state index contributed by atoms with van der Waals surface area (Å²) in [6.45, 7) is 3.21. The van der Waals surface area contributed by atoms with Crippen LogP contribution in [0.3, 0.4) is 0 Å². The molecule has 2 N–H and O–H groups in total. The first-order chi connectivity index (χ1) is 17.5. The highest BCUT2D eigenvalue weighted by molar-refractivity contribution is 6.38. The highest BCUT2D eigenvalue weighted by atomic mass is 35.5. The molecule has 0 aliphatic carbocycles. The van der Waals surface area contributed by atoms with Crippen molar-refractivity contribution < 1.29 is 14.3 Å². The first kappa shape index (κ1) is 24.1. The average Bonchev–Trinajstić information content (AvgIpc) is 3.22. The zero-order valence-electron chi connectivity index (χ0n) is 20.0. The van der Waals surface area contributed by atoms with E-state index in [1.165, 1.54) is 0 Å². The normalized spacial score (nSPS) is 16.8. The second kappa shape index (κ2) is 10.5. The summed E-state index contributed by atoms with van der Waals surface area (Å²) in [5.41, 5.74) is 5.20. The lowest BCUT2D eigenvalue weighted by atomic mass is 10.00. The molecule has 2 heterocycles. The fourth-order valence-corrected chi connectivity index (χ4v) is 4.56. The van der Waals surface area contributed by atoms with Crippen LogP contribution in [0.4, 0.5) is 17.1 Å². The Morgan fingerprint density at radius 1 is 1.06 bits per heavy atom. The number of hydrogen-bond acceptors (Lipinski definition) is 5. The number of fused-ring (bicyclic) bond motifs is 1. The van der Waals surface area contributed by atoms with Crippen LogP contribution in [0, 0.1) is 0 Å². The molecule has 0 atom stereocenters. The van der Waals surface area contributed by atoms with Gasteiger partial charge >= 0.3 is 0 Å². The number of morpholine rings is 1. The van der Waals surface area contributed by atoms with Gasteiger partial charge < -0.3 is 20.3 Å². The molecule has 3 aromatic rings. The maximum atomic E-state index is 13.0. The van der Waals surface area contributed by atoms with Gasteiger partial charge in [0, 0.05) is 42.1 Å². The van der Waals surface area contributed by atoms with Gasteiger partial charge in [-0.15, -0.1) is 0 Å². The minimum Gasteiger partial charge on any atom is -0.379 e. The SMILES string of the molecule is CN(C(=O)CN1CCOCC1)c1ccc(N/C(=C2\C(=O)Nc3cc(Cl)ccc32)c2ccccc2)cc1. The van der Waals surface area contributed by atoms with Crippen molar-refractivity contribution in [1.82, 2.24) is 4.90 Å². The summed E-state index contributed by atoms with van der Waals surface area (Å²) in [6, 6.07) is 22.7. The molecule has 0 spiro atoms. The number of ether oxygens (including phenoxy) is 1. The molecule has 1 saturated heterocycles. The third kappa shape index (κ3) is 5.14. The van der Waals surface area contributed by atoms with Gasteiger partial charge in [-0.05, 0) is 42.0 Å². The molecule has 3 aromatic carbocycles. The van der Waals surface area contributed by atoms with Crippen molar-refractivity contribution in [2.75, 3.05) is 55.4 Å². The second-order valence-corrected chi connectivity index (χ2v) is 9.21. The van der Waals surface area contributed by atoms with Crippen molar-refractivity contribution in [3.05, 3.63) is 88.9 Å². The lowest BCUT2D eigenvalue weighted by molar-refractivity contribution is -0.120. The molecule has 0 saturated carbocycles. The van der Waals surface area contributed by atoms with Crippen LogP contribution in [-0.2, 0) is 14.3 Å². The summed E-state index contributed by atoms with van der Waals surface area (Å²) in [5, 5.41) is 6.92. The number of anilines is 3. The van der Waals surface area contributed by atoms with Gasteiger partial charge in [-0.1, -0.05) is 48.0 Å². The van der Waals surface area contributed by atoms with Crippen molar-refractivity contribution in [2.45, 2.75) is 0 Å². The minimum absolute atomic E-state index is 0.0302. The summed E-state index contributed by atoms with van der Waals surface area (Å²) in [5.74, 6) is -0.161. The zero-order valence-corrected chi connectivity index (χ0v) is 20.7. The Hall–Kier alpha value is -3.65. The molecule has 36 heavy (non-hydrogen) atoms. The molecule has 0 aromatic heterocycles. The van der Waals surface area contributed by atoms with E-state index < -0.39 is 0 Å². The van der Waals surface area contributed by atoms with Crippen molar-refractivity contribution in [2.24, 2.45) is 0 Å². The van der Waals surface area contributed by atoms with E-state index in [2.05, 4.69) is 15.5 Å². The number of benzene rings is 3. The summed E-state index contributed by atoms with van der Waals surface area (Å²) in [4.78, 5) is 29.6. The molecule has 184 valence electrons. The lowest BCUT2D eigenvalue weighted by Crippen LogP contribution is -2.43. The Morgan fingerprint density at radius 3 is 2.50 bits per heavy atom. The number of rotatable bonds is 6. The van der Waals surface area contributed by atoms with Gasteiger partial charge in [0.1, 0.15) is 0 Å². The number of hydrogen-bond donors (Lipinski definition) is 2. The zero-order chi connectivity index (χ0) is 25.1. The van der Waals surface area contributed by atoms with Gasteiger partial charge in [0.2, 0.25) is 5.91 Å². The number of nitrogens with one attached hydrogen (secondary N) is 2. The standard InChI is InChI=1S/C28H27ClN4O3/c1-32(25(34)18-33-13-15-36-16-14-33)22-10-8-21(9-11-22)30-27(19-5-3-2-4-6-19)26-23-12-7-20(29)17-24(23)31-28(26)35/h2-12,17,30H,13-16,18H2,1H3,(H,31,35)/b27-26-. The molecular formula is C28H27ClN4O3. The number of carbonyl (C=O) groups is 2. The number of halogens is 1. The van der Waals surface area contributed by atoms with Crippen LogP contribution in [0.1, 0.15) is 11.1 Å². The van der Waals surface area contributed by atoms with E-state index in [1.54, 1.807) is 24.1 Å². The number of carbonyl (C=O) groups excluding carboxylic acids is 2. The summed E-state index contributed by atoms with van der Waals surface area (Å²) in [7, 11) is 1.79. The van der Waals surface area contributed by atoms with E-state index in [-0.39, 0.29) is 11.8 Å². The molecule has 7 nitrogen and oxygen atoms in total. The van der Waals surface area contributed by atoms with Crippen LogP contribution in [0.5, 0.6) is 0 Å². The van der Waals surface area contributed by atoms with E-state index in [0.717, 1.165) is 35.6 Å². The highest BCUT2D eigenvalue weighted by Gasteiger charge is 2.28. The molecule has 8 heteroatoms. The Kier molecular flexibility index (Phi) is 7.04. The predicted octanol–water partition coefficient (Wildman–Crippen LogP) is 4.57. The molecule has 1 fully saturated rings. The maximum Gasteiger partial charge on any atom is 0.258 e. The summed E-state index contributed by atoms with van der Waals surface area (Å²) < 4.78 is 5.36. The van der Waals surface area contributed by atoms with Crippen LogP contribution in [0.25, 0.3) is 11.3 Å². The van der Waals surface area contributed by atoms with Gasteiger partial charge in [-0.2, -0.15) is 0 Å². The fraction of sp³-hybridized carbons (Fsp3) is 0.214. The lowest BCUT2D eigenvalue weighted by Gasteiger charge is -2.28. The third-order valence-electron chi connectivity index (χ3n) is 6.40. The Bertz CT molecular complexity index is 1300. The predicted molar refractivity (Wildman–Crippen MR) is 144 cm³/mol. The monoisotopic (exact) mass is 502 g/mol. The molecule has 2 aliphatic heterocycles. The van der Waals surface area contributed by atoms with Crippen molar-refractivity contribution >= 4 is 51.7 Å². The van der Waals surface area contributed by atoms with Gasteiger partial charge in [-0.25, -0.2) is 0 Å².